The van der Waals surface area contributed by atoms with Crippen LogP contribution in [0.1, 0.15) is 24.2 Å². The van der Waals surface area contributed by atoms with E-state index in [0.29, 0.717) is 17.9 Å². The van der Waals surface area contributed by atoms with Crippen LogP contribution in [0.5, 0.6) is 5.75 Å². The van der Waals surface area contributed by atoms with Crippen molar-refractivity contribution >= 4 is 23.2 Å². The van der Waals surface area contributed by atoms with Gasteiger partial charge >= 0.3 is 0 Å². The average molecular weight is 327 g/mol. The molecule has 0 aliphatic carbocycles. The average Bonchev–Trinajstić information content (AvgIpc) is 2.57. The fourth-order valence-corrected chi connectivity index (χ4v) is 2.10. The molecule has 2 aromatic rings. The Morgan fingerprint density at radius 1 is 1.04 bits per heavy atom. The Balaban J connectivity index is 1.92. The molecule has 2 amide bonds. The number of nitrogens with two attached hydrogens (primary N) is 1. The summed E-state index contributed by atoms with van der Waals surface area (Å²) >= 11 is 0. The van der Waals surface area contributed by atoms with Crippen LogP contribution in [0.25, 0.3) is 0 Å². The largest absolute Gasteiger partial charge is 0.494 e. The van der Waals surface area contributed by atoms with Gasteiger partial charge in [-0.25, -0.2) is 0 Å². The highest BCUT2D eigenvalue weighted by molar-refractivity contribution is 5.97. The van der Waals surface area contributed by atoms with Crippen molar-refractivity contribution in [2.75, 3.05) is 17.2 Å². The zero-order valence-electron chi connectivity index (χ0n) is 13.7. The molecule has 0 heterocycles. The zero-order valence-corrected chi connectivity index (χ0v) is 13.7. The second kappa shape index (κ2) is 8.01. The fraction of sp³-hybridized carbons (Fsp3) is 0.222. The van der Waals surface area contributed by atoms with E-state index in [-0.39, 0.29) is 5.91 Å². The molecule has 0 spiro atoms. The lowest BCUT2D eigenvalue weighted by atomic mass is 10.2. The molecule has 0 radical (unpaired) electrons. The Bertz CT molecular complexity index is 696. The molecule has 6 nitrogen and oxygen atoms in total. The van der Waals surface area contributed by atoms with Crippen LogP contribution >= 0.6 is 0 Å². The molecule has 0 fully saturated rings. The van der Waals surface area contributed by atoms with Crippen molar-refractivity contribution in [1.29, 1.82) is 0 Å². The highest BCUT2D eigenvalue weighted by Crippen LogP contribution is 2.17. The van der Waals surface area contributed by atoms with Gasteiger partial charge in [-0.2, -0.15) is 0 Å². The summed E-state index contributed by atoms with van der Waals surface area (Å²) in [6.45, 7) is 4.30. The number of hydrogen-bond donors (Lipinski definition) is 3. The van der Waals surface area contributed by atoms with Crippen LogP contribution in [-0.4, -0.2) is 24.5 Å². The fourth-order valence-electron chi connectivity index (χ4n) is 2.10. The van der Waals surface area contributed by atoms with Gasteiger partial charge in [0.1, 0.15) is 11.8 Å². The number of hydrogen-bond acceptors (Lipinski definition) is 4. The summed E-state index contributed by atoms with van der Waals surface area (Å²) in [6, 6.07) is 13.4. The van der Waals surface area contributed by atoms with Gasteiger partial charge in [0.2, 0.25) is 11.8 Å². The summed E-state index contributed by atoms with van der Waals surface area (Å²) in [7, 11) is 0. The van der Waals surface area contributed by atoms with Crippen molar-refractivity contribution in [3.05, 3.63) is 54.1 Å². The maximum atomic E-state index is 12.2. The standard InChI is InChI=1S/C18H21N3O3/c1-3-24-16-10-8-14(9-11-16)20-12(2)18(23)21-15-6-4-13(5-7-15)17(19)22/h4-12,20H,3H2,1-2H3,(H2,19,22)(H,21,23)/t12-/m0/s1. The Hall–Kier alpha value is -3.02. The van der Waals surface area contributed by atoms with Gasteiger partial charge in [0.05, 0.1) is 6.61 Å². The van der Waals surface area contributed by atoms with E-state index in [4.69, 9.17) is 10.5 Å². The topological polar surface area (TPSA) is 93.4 Å². The molecule has 0 aromatic heterocycles. The van der Waals surface area contributed by atoms with Crippen LogP contribution in [-0.2, 0) is 4.79 Å². The summed E-state index contributed by atoms with van der Waals surface area (Å²) in [5.74, 6) is 0.101. The van der Waals surface area contributed by atoms with Crippen LogP contribution < -0.4 is 21.1 Å². The molecule has 0 saturated carbocycles. The number of primary amides is 1. The van der Waals surface area contributed by atoms with Crippen LogP contribution in [0.3, 0.4) is 0 Å². The molecule has 2 rings (SSSR count). The quantitative estimate of drug-likeness (QED) is 0.729. The zero-order chi connectivity index (χ0) is 17.5. The molecule has 0 bridgehead atoms. The summed E-state index contributed by atoms with van der Waals surface area (Å²) in [5, 5.41) is 5.90. The number of benzene rings is 2. The number of amides is 2. The third kappa shape index (κ3) is 4.74. The van der Waals surface area contributed by atoms with E-state index in [0.717, 1.165) is 11.4 Å². The van der Waals surface area contributed by atoms with E-state index in [1.165, 1.54) is 0 Å². The van der Waals surface area contributed by atoms with Crippen molar-refractivity contribution in [2.45, 2.75) is 19.9 Å². The normalized spacial score (nSPS) is 11.4. The Kier molecular flexibility index (Phi) is 5.78. The SMILES string of the molecule is CCOc1ccc(N[C@@H](C)C(=O)Nc2ccc(C(N)=O)cc2)cc1. The van der Waals surface area contributed by atoms with Crippen LogP contribution in [0.15, 0.2) is 48.5 Å². The van der Waals surface area contributed by atoms with Crippen LogP contribution in [0.4, 0.5) is 11.4 Å². The molecule has 6 heteroatoms. The predicted molar refractivity (Wildman–Crippen MR) is 94.3 cm³/mol. The van der Waals surface area contributed by atoms with Gasteiger partial charge in [-0.3, -0.25) is 9.59 Å². The Morgan fingerprint density at radius 3 is 2.17 bits per heavy atom. The van der Waals surface area contributed by atoms with Crippen molar-refractivity contribution < 1.29 is 14.3 Å². The number of ether oxygens (including phenoxy) is 1. The van der Waals surface area contributed by atoms with Crippen molar-refractivity contribution in [1.82, 2.24) is 0 Å². The Morgan fingerprint density at radius 2 is 1.62 bits per heavy atom. The Labute approximate surface area is 141 Å². The summed E-state index contributed by atoms with van der Waals surface area (Å²) < 4.78 is 5.38. The molecule has 0 saturated heterocycles. The van der Waals surface area contributed by atoms with Crippen LogP contribution in [0.2, 0.25) is 0 Å². The second-order valence-electron chi connectivity index (χ2n) is 5.25. The number of rotatable bonds is 7. The smallest absolute Gasteiger partial charge is 0.248 e. The predicted octanol–water partition coefficient (Wildman–Crippen LogP) is 2.62. The van der Waals surface area contributed by atoms with E-state index in [9.17, 15) is 9.59 Å². The first-order valence-electron chi connectivity index (χ1n) is 7.69. The molecule has 0 aliphatic heterocycles. The lowest BCUT2D eigenvalue weighted by molar-refractivity contribution is -0.116. The first-order chi connectivity index (χ1) is 11.5. The van der Waals surface area contributed by atoms with E-state index >= 15 is 0 Å². The first-order valence-corrected chi connectivity index (χ1v) is 7.69. The molecule has 126 valence electrons. The summed E-state index contributed by atoms with van der Waals surface area (Å²) in [4.78, 5) is 23.2. The highest BCUT2D eigenvalue weighted by Gasteiger charge is 2.13. The van der Waals surface area contributed by atoms with Gasteiger partial charge in [0, 0.05) is 16.9 Å². The van der Waals surface area contributed by atoms with Crippen molar-refractivity contribution in [3.8, 4) is 5.75 Å². The lowest BCUT2D eigenvalue weighted by Crippen LogP contribution is -2.31. The second-order valence-corrected chi connectivity index (χ2v) is 5.25. The van der Waals surface area contributed by atoms with Gasteiger partial charge in [-0.05, 0) is 62.4 Å². The minimum atomic E-state index is -0.501. The van der Waals surface area contributed by atoms with E-state index in [1.54, 1.807) is 31.2 Å². The molecule has 1 atom stereocenters. The molecule has 0 aliphatic rings. The lowest BCUT2D eigenvalue weighted by Gasteiger charge is -2.16. The van der Waals surface area contributed by atoms with Gasteiger partial charge < -0.3 is 21.1 Å². The van der Waals surface area contributed by atoms with Gasteiger partial charge in [-0.15, -0.1) is 0 Å². The molecule has 4 N–H and O–H groups in total. The maximum Gasteiger partial charge on any atom is 0.248 e. The van der Waals surface area contributed by atoms with Crippen molar-refractivity contribution in [2.24, 2.45) is 5.73 Å². The summed E-state index contributed by atoms with van der Waals surface area (Å²) in [5.41, 5.74) is 7.01. The number of carbonyl (C=O) groups excluding carboxylic acids is 2. The third-order valence-electron chi connectivity index (χ3n) is 3.38. The maximum absolute atomic E-state index is 12.2. The summed E-state index contributed by atoms with van der Waals surface area (Å²) in [6.07, 6.45) is 0. The molecule has 24 heavy (non-hydrogen) atoms. The monoisotopic (exact) mass is 327 g/mol. The van der Waals surface area contributed by atoms with Gasteiger partial charge in [-0.1, -0.05) is 0 Å². The number of nitrogens with one attached hydrogen (secondary N) is 2. The molecule has 0 unspecified atom stereocenters. The van der Waals surface area contributed by atoms with Gasteiger partial charge in [0.25, 0.3) is 0 Å². The highest BCUT2D eigenvalue weighted by atomic mass is 16.5. The molecular weight excluding hydrogens is 306 g/mol. The molecule has 2 aromatic carbocycles. The van der Waals surface area contributed by atoms with Crippen molar-refractivity contribution in [3.63, 3.8) is 0 Å². The van der Waals surface area contributed by atoms with Crippen LogP contribution in [0, 0.1) is 0 Å². The third-order valence-corrected chi connectivity index (χ3v) is 3.38. The van der Waals surface area contributed by atoms with Gasteiger partial charge in [0.15, 0.2) is 0 Å². The van der Waals surface area contributed by atoms with E-state index in [2.05, 4.69) is 10.6 Å². The van der Waals surface area contributed by atoms with E-state index < -0.39 is 11.9 Å². The number of anilines is 2. The molecular formula is C18H21N3O3. The first kappa shape index (κ1) is 17.3. The van der Waals surface area contributed by atoms with E-state index in [1.807, 2.05) is 31.2 Å². The number of carbonyl (C=O) groups is 2. The minimum absolute atomic E-state index is 0.185. The minimum Gasteiger partial charge on any atom is -0.494 e.